The van der Waals surface area contributed by atoms with Gasteiger partial charge in [-0.05, 0) is 77.3 Å². The van der Waals surface area contributed by atoms with Gasteiger partial charge in [0.05, 0.1) is 36.9 Å². The summed E-state index contributed by atoms with van der Waals surface area (Å²) in [6.07, 6.45) is 55.9. The number of nitro benzene ring substituents is 1. The lowest BCUT2D eigenvalue weighted by molar-refractivity contribution is -0.385. The minimum atomic E-state index is -3.35. The normalized spacial score (nSPS) is 11.6. The van der Waals surface area contributed by atoms with Crippen LogP contribution in [-0.2, 0) is 11.0 Å². The van der Waals surface area contributed by atoms with E-state index in [9.17, 15) is 10.1 Å². The number of benzene rings is 4. The zero-order valence-electron chi connectivity index (χ0n) is 52.2. The molecule has 0 N–H and O–H groups in total. The molecule has 0 unspecified atom stereocenters. The highest BCUT2D eigenvalue weighted by atomic mass is 28.4. The summed E-state index contributed by atoms with van der Waals surface area (Å²) in [4.78, 5) is 12.0. The van der Waals surface area contributed by atoms with Crippen LogP contribution in [0.1, 0.15) is 296 Å². The Morgan fingerprint density at radius 3 is 0.802 bits per heavy atom. The third-order valence-corrected chi connectivity index (χ3v) is 20.7. The van der Waals surface area contributed by atoms with Crippen LogP contribution in [0.25, 0.3) is 0 Å². The van der Waals surface area contributed by atoms with Crippen molar-refractivity contribution in [3.8, 4) is 17.2 Å². The second-order valence-electron chi connectivity index (χ2n) is 23.8. The van der Waals surface area contributed by atoms with Crippen molar-refractivity contribution in [3.05, 3.63) is 113 Å². The minimum Gasteiger partial charge on any atom is -0.494 e. The first-order valence-corrected chi connectivity index (χ1v) is 36.0. The van der Waals surface area contributed by atoms with Gasteiger partial charge in [-0.15, -0.1) is 0 Å². The molecule has 0 aromatic heterocycles. The van der Waals surface area contributed by atoms with E-state index in [1.165, 1.54) is 250 Å². The SMILES string of the molecule is CCCCCCCCCCCCCCCCOc1ccc([Si](OCc2ccccc2[N+](=O)[O-])(c2ccc(OCCCCCCCCCCCCCCCC)cc2)c2ccc(OCCCCCCCCCCCCCCCC)cc2)cc1. The van der Waals surface area contributed by atoms with Gasteiger partial charge in [0.1, 0.15) is 17.2 Å². The van der Waals surface area contributed by atoms with E-state index in [2.05, 4.69) is 93.6 Å². The number of rotatable bonds is 55. The zero-order valence-corrected chi connectivity index (χ0v) is 53.2. The van der Waals surface area contributed by atoms with Gasteiger partial charge in [-0.2, -0.15) is 0 Å². The Kier molecular flexibility index (Phi) is 40.4. The van der Waals surface area contributed by atoms with Crippen molar-refractivity contribution < 1.29 is 23.6 Å². The van der Waals surface area contributed by atoms with Crippen molar-refractivity contribution in [1.82, 2.24) is 0 Å². The van der Waals surface area contributed by atoms with Gasteiger partial charge in [0.15, 0.2) is 0 Å². The van der Waals surface area contributed by atoms with Crippen LogP contribution in [0, 0.1) is 10.1 Å². The molecule has 0 aliphatic carbocycles. The summed E-state index contributed by atoms with van der Waals surface area (Å²) in [5, 5.41) is 15.5. The molecule has 0 fully saturated rings. The largest absolute Gasteiger partial charge is 0.494 e. The minimum absolute atomic E-state index is 0.0622. The van der Waals surface area contributed by atoms with E-state index in [4.69, 9.17) is 18.6 Å². The second kappa shape index (κ2) is 47.2. The fourth-order valence-electron chi connectivity index (χ4n) is 11.6. The van der Waals surface area contributed by atoms with Crippen LogP contribution in [0.5, 0.6) is 17.2 Å². The van der Waals surface area contributed by atoms with Crippen LogP contribution in [0.15, 0.2) is 97.1 Å². The van der Waals surface area contributed by atoms with Crippen LogP contribution in [0.2, 0.25) is 0 Å². The highest BCUT2D eigenvalue weighted by molar-refractivity contribution is 7.07. The molecule has 4 rings (SSSR count). The van der Waals surface area contributed by atoms with Crippen molar-refractivity contribution in [3.63, 3.8) is 0 Å². The van der Waals surface area contributed by atoms with E-state index >= 15 is 0 Å². The fourth-order valence-corrected chi connectivity index (χ4v) is 15.3. The fraction of sp³-hybridized carbons (Fsp3) is 0.671. The van der Waals surface area contributed by atoms with Crippen molar-refractivity contribution >= 4 is 29.6 Å². The molecule has 81 heavy (non-hydrogen) atoms. The molecular formula is C73H117NO6Si. The average Bonchev–Trinajstić information content (AvgIpc) is 3.63. The number of nitrogens with zero attached hydrogens (tertiary/aromatic N) is 1. The summed E-state index contributed by atoms with van der Waals surface area (Å²) in [6, 6.07) is 32.4. The van der Waals surface area contributed by atoms with Gasteiger partial charge in [0.25, 0.3) is 14.0 Å². The standard InChI is InChI=1S/C73H117NO6Si/c1-4-7-10-13-16-19-22-25-28-31-34-37-40-45-62-77-67-50-56-70(57-51-67)81(80-65-66-48-43-44-49-73(66)74(75)76,71-58-52-68(53-59-71)78-63-46-41-38-35-32-29-26-23-20-17-14-11-8-5-2)72-60-54-69(55-61-72)79-64-47-42-39-36-33-30-27-24-21-18-15-12-9-6-3/h43-44,48-61H,4-42,45-47,62-65H2,1-3H3. The molecule has 0 amide bonds. The van der Waals surface area contributed by atoms with Crippen LogP contribution in [-0.4, -0.2) is 33.1 Å². The average molecular weight is 1130 g/mol. The van der Waals surface area contributed by atoms with Crippen LogP contribution < -0.4 is 29.8 Å². The Balaban J connectivity index is 1.39. The molecule has 0 heterocycles. The highest BCUT2D eigenvalue weighted by Gasteiger charge is 2.43. The van der Waals surface area contributed by atoms with Crippen molar-refractivity contribution in [2.75, 3.05) is 19.8 Å². The molecular weight excluding hydrogens is 1010 g/mol. The Morgan fingerprint density at radius 1 is 0.321 bits per heavy atom. The Labute approximate surface area is 497 Å². The molecule has 0 radical (unpaired) electrons. The van der Waals surface area contributed by atoms with Crippen molar-refractivity contribution in [2.24, 2.45) is 0 Å². The number of hydrogen-bond donors (Lipinski definition) is 0. The van der Waals surface area contributed by atoms with Gasteiger partial charge in [0.2, 0.25) is 0 Å². The number of hydrogen-bond acceptors (Lipinski definition) is 6. The van der Waals surface area contributed by atoms with Gasteiger partial charge in [-0.25, -0.2) is 0 Å². The zero-order chi connectivity index (χ0) is 57.4. The molecule has 8 heteroatoms. The molecule has 454 valence electrons. The van der Waals surface area contributed by atoms with E-state index in [0.29, 0.717) is 25.4 Å². The van der Waals surface area contributed by atoms with Gasteiger partial charge in [-0.3, -0.25) is 10.1 Å². The first-order chi connectivity index (χ1) is 40.0. The van der Waals surface area contributed by atoms with E-state index in [-0.39, 0.29) is 17.2 Å². The first-order valence-electron chi connectivity index (χ1n) is 34.1. The van der Waals surface area contributed by atoms with Gasteiger partial charge >= 0.3 is 0 Å². The van der Waals surface area contributed by atoms with E-state index in [0.717, 1.165) is 52.1 Å². The summed E-state index contributed by atoms with van der Waals surface area (Å²) in [5.41, 5.74) is 0.612. The highest BCUT2D eigenvalue weighted by Crippen LogP contribution is 2.25. The van der Waals surface area contributed by atoms with Gasteiger partial charge < -0.3 is 18.6 Å². The Morgan fingerprint density at radius 2 is 0.556 bits per heavy atom. The monoisotopic (exact) mass is 1130 g/mol. The summed E-state index contributed by atoms with van der Waals surface area (Å²) >= 11 is 0. The molecule has 0 saturated heterocycles. The molecule has 4 aromatic carbocycles. The maximum absolute atomic E-state index is 12.3. The molecule has 0 spiro atoms. The number of nitro groups is 1. The Hall–Kier alpha value is -4.14. The molecule has 0 aliphatic heterocycles. The summed E-state index contributed by atoms with van der Waals surface area (Å²) in [5.74, 6) is 2.53. The predicted molar refractivity (Wildman–Crippen MR) is 349 cm³/mol. The van der Waals surface area contributed by atoms with E-state index in [1.807, 2.05) is 12.1 Å². The van der Waals surface area contributed by atoms with Crippen LogP contribution in [0.4, 0.5) is 5.69 Å². The quantitative estimate of drug-likeness (QED) is 0.0144. The maximum Gasteiger partial charge on any atom is 0.288 e. The molecule has 7 nitrogen and oxygen atoms in total. The third kappa shape index (κ3) is 30.8. The molecule has 4 aromatic rings. The van der Waals surface area contributed by atoms with Gasteiger partial charge in [0, 0.05) is 6.07 Å². The smallest absolute Gasteiger partial charge is 0.288 e. The van der Waals surface area contributed by atoms with Gasteiger partial charge in [-0.1, -0.05) is 320 Å². The summed E-state index contributed by atoms with van der Waals surface area (Å²) < 4.78 is 26.5. The molecule has 0 bridgehead atoms. The lowest BCUT2D eigenvalue weighted by atomic mass is 10.0. The first kappa shape index (κ1) is 69.4. The van der Waals surface area contributed by atoms with Crippen molar-refractivity contribution in [2.45, 2.75) is 297 Å². The lowest BCUT2D eigenvalue weighted by Gasteiger charge is -2.33. The second-order valence-corrected chi connectivity index (χ2v) is 27.1. The summed E-state index contributed by atoms with van der Waals surface area (Å²) in [7, 11) is -3.35. The van der Waals surface area contributed by atoms with Crippen LogP contribution >= 0.6 is 0 Å². The summed E-state index contributed by atoms with van der Waals surface area (Å²) in [6.45, 7) is 9.02. The maximum atomic E-state index is 12.3. The molecule has 0 aliphatic rings. The topological polar surface area (TPSA) is 80.1 Å². The number of ether oxygens (including phenoxy) is 3. The van der Waals surface area contributed by atoms with Crippen LogP contribution in [0.3, 0.4) is 0 Å². The third-order valence-electron chi connectivity index (χ3n) is 16.7. The van der Waals surface area contributed by atoms with E-state index in [1.54, 1.807) is 12.1 Å². The molecule has 0 saturated carbocycles. The predicted octanol–water partition coefficient (Wildman–Crippen LogP) is 21.4. The number of para-hydroxylation sites is 1. The Bertz CT molecular complexity index is 1890. The van der Waals surface area contributed by atoms with Crippen molar-refractivity contribution in [1.29, 1.82) is 0 Å². The number of unbranched alkanes of at least 4 members (excludes halogenated alkanes) is 39. The lowest BCUT2D eigenvalue weighted by Crippen LogP contribution is -2.69. The molecule has 0 atom stereocenters. The van der Waals surface area contributed by atoms with E-state index < -0.39 is 8.32 Å².